The smallest absolute Gasteiger partial charge is 0.497 e. The second-order valence-electron chi connectivity index (χ2n) is 6.04. The van der Waals surface area contributed by atoms with E-state index in [1.807, 2.05) is 27.7 Å². The van der Waals surface area contributed by atoms with Crippen molar-refractivity contribution in [3.63, 3.8) is 0 Å². The number of hydrogen-bond donors (Lipinski definition) is 0. The third-order valence-electron chi connectivity index (χ3n) is 3.94. The molecule has 0 spiro atoms. The third kappa shape index (κ3) is 3.33. The molecule has 122 valence electrons. The Morgan fingerprint density at radius 1 is 1.05 bits per heavy atom. The van der Waals surface area contributed by atoms with Crippen molar-refractivity contribution in [3.05, 3.63) is 18.2 Å². The van der Waals surface area contributed by atoms with Gasteiger partial charge in [0.25, 0.3) is 0 Å². The van der Waals surface area contributed by atoms with Gasteiger partial charge in [-0.15, -0.1) is 13.2 Å². The first kappa shape index (κ1) is 17.0. The van der Waals surface area contributed by atoms with Crippen molar-refractivity contribution in [2.24, 2.45) is 0 Å². The summed E-state index contributed by atoms with van der Waals surface area (Å²) >= 11 is 0. The van der Waals surface area contributed by atoms with Crippen LogP contribution in [0.15, 0.2) is 18.2 Å². The Hall–Kier alpha value is -1.41. The molecule has 0 bridgehead atoms. The summed E-state index contributed by atoms with van der Waals surface area (Å²) in [6.07, 6.45) is -4.76. The number of ether oxygens (including phenoxy) is 2. The first-order valence-corrected chi connectivity index (χ1v) is 6.74. The minimum absolute atomic E-state index is 0.349. The van der Waals surface area contributed by atoms with Gasteiger partial charge in [0.15, 0.2) is 0 Å². The summed E-state index contributed by atoms with van der Waals surface area (Å²) < 4.78 is 57.9. The molecule has 1 heterocycles. The molecule has 22 heavy (non-hydrogen) atoms. The van der Waals surface area contributed by atoms with Crippen LogP contribution in [0.5, 0.6) is 11.5 Å². The zero-order valence-electron chi connectivity index (χ0n) is 13.1. The second-order valence-corrected chi connectivity index (χ2v) is 6.04. The maximum Gasteiger partial charge on any atom is 0.573 e. The minimum atomic E-state index is -4.76. The molecular formula is C14H18BF3O4. The van der Waals surface area contributed by atoms with E-state index in [1.165, 1.54) is 25.3 Å². The number of alkyl halides is 3. The maximum absolute atomic E-state index is 12.4. The average Bonchev–Trinajstić information content (AvgIpc) is 2.56. The predicted octanol–water partition coefficient (Wildman–Crippen LogP) is 2.89. The molecule has 1 saturated heterocycles. The topological polar surface area (TPSA) is 36.9 Å². The van der Waals surface area contributed by atoms with Crippen molar-refractivity contribution in [1.82, 2.24) is 0 Å². The molecule has 1 aliphatic rings. The SMILES string of the molecule is COc1ccc(OC(F)(F)F)cc1B1OC(C)(C)C(C)(C)O1. The van der Waals surface area contributed by atoms with E-state index in [-0.39, 0.29) is 5.75 Å². The van der Waals surface area contributed by atoms with Crippen LogP contribution in [0.2, 0.25) is 0 Å². The summed E-state index contributed by atoms with van der Waals surface area (Å²) in [4.78, 5) is 0. The van der Waals surface area contributed by atoms with E-state index in [1.54, 1.807) is 0 Å². The van der Waals surface area contributed by atoms with Gasteiger partial charge < -0.3 is 18.8 Å². The molecule has 1 fully saturated rings. The summed E-state index contributed by atoms with van der Waals surface area (Å²) in [5.74, 6) is 0.0195. The molecule has 0 aliphatic carbocycles. The van der Waals surface area contributed by atoms with Gasteiger partial charge in [0.1, 0.15) is 11.5 Å². The molecule has 0 atom stereocenters. The van der Waals surface area contributed by atoms with Crippen LogP contribution in [0, 0.1) is 0 Å². The lowest BCUT2D eigenvalue weighted by Crippen LogP contribution is -2.41. The van der Waals surface area contributed by atoms with Gasteiger partial charge in [0.05, 0.1) is 18.3 Å². The Morgan fingerprint density at radius 3 is 2.05 bits per heavy atom. The first-order chi connectivity index (χ1) is 9.95. The van der Waals surface area contributed by atoms with E-state index in [4.69, 9.17) is 14.0 Å². The molecule has 0 N–H and O–H groups in total. The summed E-state index contributed by atoms with van der Waals surface area (Å²) in [7, 11) is 0.589. The van der Waals surface area contributed by atoms with Crippen LogP contribution in [0.25, 0.3) is 0 Å². The molecule has 8 heteroatoms. The molecule has 4 nitrogen and oxygen atoms in total. The van der Waals surface area contributed by atoms with Crippen LogP contribution < -0.4 is 14.9 Å². The highest BCUT2D eigenvalue weighted by atomic mass is 19.4. The Kier molecular flexibility index (Phi) is 4.12. The number of halogens is 3. The number of hydrogen-bond acceptors (Lipinski definition) is 4. The van der Waals surface area contributed by atoms with E-state index in [0.717, 1.165) is 0 Å². The first-order valence-electron chi connectivity index (χ1n) is 6.74. The summed E-state index contributed by atoms with van der Waals surface area (Å²) in [6.45, 7) is 7.43. The summed E-state index contributed by atoms with van der Waals surface area (Å²) in [6, 6.07) is 3.79. The number of rotatable bonds is 3. The van der Waals surface area contributed by atoms with E-state index < -0.39 is 24.7 Å². The minimum Gasteiger partial charge on any atom is -0.497 e. The number of benzene rings is 1. The highest BCUT2D eigenvalue weighted by Gasteiger charge is 2.52. The molecule has 0 radical (unpaired) electrons. The number of methoxy groups -OCH3 is 1. The molecule has 1 aromatic rings. The van der Waals surface area contributed by atoms with Crippen molar-refractivity contribution in [3.8, 4) is 11.5 Å². The standard InChI is InChI=1S/C14H18BF3O4/c1-12(2)13(3,4)22-15(21-12)10-8-9(20-14(16,17)18)6-7-11(10)19-5/h6-8H,1-5H3. The van der Waals surface area contributed by atoms with E-state index >= 15 is 0 Å². The van der Waals surface area contributed by atoms with Gasteiger partial charge in [-0.1, -0.05) is 0 Å². The van der Waals surface area contributed by atoms with Crippen molar-refractivity contribution >= 4 is 12.6 Å². The molecule has 1 aromatic carbocycles. The van der Waals surface area contributed by atoms with E-state index in [9.17, 15) is 13.2 Å². The Bertz CT molecular complexity index is 542. The van der Waals surface area contributed by atoms with Crippen LogP contribution in [0.3, 0.4) is 0 Å². The third-order valence-corrected chi connectivity index (χ3v) is 3.94. The molecule has 2 rings (SSSR count). The Balaban J connectivity index is 2.36. The fraction of sp³-hybridized carbons (Fsp3) is 0.571. The van der Waals surface area contributed by atoms with Gasteiger partial charge in [-0.3, -0.25) is 0 Å². The van der Waals surface area contributed by atoms with Gasteiger partial charge in [-0.2, -0.15) is 0 Å². The van der Waals surface area contributed by atoms with Crippen molar-refractivity contribution in [2.45, 2.75) is 45.3 Å². The van der Waals surface area contributed by atoms with Crippen LogP contribution >= 0.6 is 0 Å². The zero-order valence-corrected chi connectivity index (χ0v) is 13.1. The van der Waals surface area contributed by atoms with Crippen LogP contribution in [0.1, 0.15) is 27.7 Å². The summed E-state index contributed by atoms with van der Waals surface area (Å²) in [5, 5.41) is 0. The van der Waals surface area contributed by atoms with Crippen molar-refractivity contribution in [2.75, 3.05) is 7.11 Å². The Morgan fingerprint density at radius 2 is 1.59 bits per heavy atom. The van der Waals surface area contributed by atoms with Gasteiger partial charge >= 0.3 is 13.5 Å². The molecule has 0 saturated carbocycles. The molecule has 0 unspecified atom stereocenters. The predicted molar refractivity (Wildman–Crippen MR) is 75.4 cm³/mol. The summed E-state index contributed by atoms with van der Waals surface area (Å²) in [5.41, 5.74) is -0.865. The fourth-order valence-corrected chi connectivity index (χ4v) is 2.06. The van der Waals surface area contributed by atoms with Crippen molar-refractivity contribution < 1.29 is 32.0 Å². The van der Waals surface area contributed by atoms with Gasteiger partial charge in [-0.05, 0) is 45.9 Å². The lowest BCUT2D eigenvalue weighted by atomic mass is 9.78. The molecule has 0 amide bonds. The quantitative estimate of drug-likeness (QED) is 0.803. The van der Waals surface area contributed by atoms with Gasteiger partial charge in [-0.25, -0.2) is 0 Å². The van der Waals surface area contributed by atoms with Gasteiger partial charge in [0, 0.05) is 5.46 Å². The molecular weight excluding hydrogens is 300 g/mol. The lowest BCUT2D eigenvalue weighted by molar-refractivity contribution is -0.274. The highest BCUT2D eigenvalue weighted by Crippen LogP contribution is 2.37. The average molecular weight is 318 g/mol. The van der Waals surface area contributed by atoms with E-state index in [2.05, 4.69) is 4.74 Å². The van der Waals surface area contributed by atoms with Crippen molar-refractivity contribution in [1.29, 1.82) is 0 Å². The van der Waals surface area contributed by atoms with Crippen LogP contribution in [-0.2, 0) is 9.31 Å². The van der Waals surface area contributed by atoms with Crippen LogP contribution in [0.4, 0.5) is 13.2 Å². The molecule has 1 aliphatic heterocycles. The fourth-order valence-electron chi connectivity index (χ4n) is 2.06. The normalized spacial score (nSPS) is 20.1. The van der Waals surface area contributed by atoms with E-state index in [0.29, 0.717) is 11.2 Å². The second kappa shape index (κ2) is 5.35. The monoisotopic (exact) mass is 318 g/mol. The maximum atomic E-state index is 12.4. The Labute approximate surface area is 127 Å². The lowest BCUT2D eigenvalue weighted by Gasteiger charge is -2.32. The van der Waals surface area contributed by atoms with Gasteiger partial charge in [0.2, 0.25) is 0 Å². The van der Waals surface area contributed by atoms with Crippen LogP contribution in [-0.4, -0.2) is 31.8 Å². The zero-order chi connectivity index (χ0) is 16.8. The molecule has 0 aromatic heterocycles. The highest BCUT2D eigenvalue weighted by molar-refractivity contribution is 6.63. The largest absolute Gasteiger partial charge is 0.573 e.